The molecule has 0 spiro atoms. The van der Waals surface area contributed by atoms with Gasteiger partial charge in [0.1, 0.15) is 0 Å². The topological polar surface area (TPSA) is 21.3 Å². The second kappa shape index (κ2) is 5.89. The van der Waals surface area contributed by atoms with Crippen LogP contribution >= 0.6 is 11.8 Å². The number of hydrogen-bond acceptors (Lipinski definition) is 3. The van der Waals surface area contributed by atoms with Crippen molar-refractivity contribution in [3.8, 4) is 0 Å². The van der Waals surface area contributed by atoms with Crippen molar-refractivity contribution in [2.75, 3.05) is 20.3 Å². The van der Waals surface area contributed by atoms with Crippen LogP contribution in [-0.4, -0.2) is 30.8 Å². The molecule has 0 saturated carbocycles. The Bertz CT molecular complexity index is 348. The van der Waals surface area contributed by atoms with E-state index in [1.807, 2.05) is 18.8 Å². The number of thioether (sulfide) groups is 1. The van der Waals surface area contributed by atoms with Crippen molar-refractivity contribution in [2.45, 2.75) is 30.4 Å². The van der Waals surface area contributed by atoms with Crippen molar-refractivity contribution in [3.05, 3.63) is 35.4 Å². The predicted molar refractivity (Wildman–Crippen MR) is 74.6 cm³/mol. The van der Waals surface area contributed by atoms with E-state index in [4.69, 9.17) is 4.74 Å². The van der Waals surface area contributed by atoms with Crippen LogP contribution in [0.1, 0.15) is 24.1 Å². The van der Waals surface area contributed by atoms with E-state index in [9.17, 15) is 0 Å². The molecular weight excluding hydrogens is 230 g/mol. The standard InChI is InChI=1S/C14H21NOS/c1-10-4-6-12(7-5-10)14(15-3)11(2)17-13-8-16-9-13/h4-7,11,13-15H,8-9H2,1-3H3. The molecular formula is C14H21NOS. The van der Waals surface area contributed by atoms with Gasteiger partial charge in [-0.2, -0.15) is 0 Å². The van der Waals surface area contributed by atoms with Crippen LogP contribution in [0.4, 0.5) is 0 Å². The van der Waals surface area contributed by atoms with E-state index >= 15 is 0 Å². The molecule has 1 saturated heterocycles. The smallest absolute Gasteiger partial charge is 0.0608 e. The molecule has 1 N–H and O–H groups in total. The maximum Gasteiger partial charge on any atom is 0.0608 e. The summed E-state index contributed by atoms with van der Waals surface area (Å²) >= 11 is 2.03. The molecule has 0 aliphatic carbocycles. The summed E-state index contributed by atoms with van der Waals surface area (Å²) in [5.74, 6) is 0. The molecule has 0 aromatic heterocycles. The molecule has 0 amide bonds. The summed E-state index contributed by atoms with van der Waals surface area (Å²) in [4.78, 5) is 0. The summed E-state index contributed by atoms with van der Waals surface area (Å²) in [5.41, 5.74) is 2.69. The molecule has 0 radical (unpaired) electrons. The van der Waals surface area contributed by atoms with Crippen molar-refractivity contribution in [3.63, 3.8) is 0 Å². The van der Waals surface area contributed by atoms with Gasteiger partial charge in [0.15, 0.2) is 0 Å². The highest BCUT2D eigenvalue weighted by molar-refractivity contribution is 8.00. The van der Waals surface area contributed by atoms with Gasteiger partial charge in [-0.05, 0) is 19.5 Å². The summed E-state index contributed by atoms with van der Waals surface area (Å²) in [6.45, 7) is 6.25. The minimum Gasteiger partial charge on any atom is -0.379 e. The zero-order chi connectivity index (χ0) is 12.3. The quantitative estimate of drug-likeness (QED) is 0.869. The van der Waals surface area contributed by atoms with Gasteiger partial charge in [0, 0.05) is 11.3 Å². The molecule has 2 atom stereocenters. The summed E-state index contributed by atoms with van der Waals surface area (Å²) in [6.07, 6.45) is 0. The Kier molecular flexibility index (Phi) is 4.48. The molecule has 1 heterocycles. The fourth-order valence-corrected chi connectivity index (χ4v) is 3.53. The molecule has 2 rings (SSSR count). The average Bonchev–Trinajstić information content (AvgIpc) is 2.27. The van der Waals surface area contributed by atoms with Gasteiger partial charge in [0.05, 0.1) is 18.5 Å². The normalized spacial score (nSPS) is 19.7. The van der Waals surface area contributed by atoms with Gasteiger partial charge in [-0.25, -0.2) is 0 Å². The third-order valence-corrected chi connectivity index (χ3v) is 4.59. The molecule has 3 heteroatoms. The lowest BCUT2D eigenvalue weighted by atomic mass is 10.0. The van der Waals surface area contributed by atoms with E-state index in [0.717, 1.165) is 13.2 Å². The molecule has 1 aromatic carbocycles. The highest BCUT2D eigenvalue weighted by Crippen LogP contribution is 2.31. The van der Waals surface area contributed by atoms with Crippen LogP contribution in [0.5, 0.6) is 0 Å². The Morgan fingerprint density at radius 2 is 1.94 bits per heavy atom. The number of aryl methyl sites for hydroxylation is 1. The summed E-state index contributed by atoms with van der Waals surface area (Å²) in [5, 5.41) is 4.68. The van der Waals surface area contributed by atoms with Gasteiger partial charge < -0.3 is 10.1 Å². The number of ether oxygens (including phenoxy) is 1. The lowest BCUT2D eigenvalue weighted by Crippen LogP contribution is -2.35. The Morgan fingerprint density at radius 1 is 1.29 bits per heavy atom. The molecule has 94 valence electrons. The highest BCUT2D eigenvalue weighted by Gasteiger charge is 2.26. The minimum absolute atomic E-state index is 0.418. The fourth-order valence-electron chi connectivity index (χ4n) is 2.12. The van der Waals surface area contributed by atoms with Crippen molar-refractivity contribution >= 4 is 11.8 Å². The first-order valence-electron chi connectivity index (χ1n) is 6.17. The molecule has 1 aliphatic heterocycles. The predicted octanol–water partition coefficient (Wildman–Crippen LogP) is 2.78. The Labute approximate surface area is 108 Å². The van der Waals surface area contributed by atoms with Crippen molar-refractivity contribution in [2.24, 2.45) is 0 Å². The Balaban J connectivity index is 2.00. The third kappa shape index (κ3) is 3.24. The van der Waals surface area contributed by atoms with Gasteiger partial charge in [-0.1, -0.05) is 36.8 Å². The van der Waals surface area contributed by atoms with Crippen LogP contribution in [0.3, 0.4) is 0 Å². The minimum atomic E-state index is 0.418. The van der Waals surface area contributed by atoms with E-state index in [1.54, 1.807) is 0 Å². The second-order valence-electron chi connectivity index (χ2n) is 4.68. The summed E-state index contributed by atoms with van der Waals surface area (Å²) in [6, 6.07) is 9.24. The molecule has 2 nitrogen and oxygen atoms in total. The monoisotopic (exact) mass is 251 g/mol. The lowest BCUT2D eigenvalue weighted by molar-refractivity contribution is 0.0452. The van der Waals surface area contributed by atoms with Crippen LogP contribution in [0.25, 0.3) is 0 Å². The van der Waals surface area contributed by atoms with Gasteiger partial charge in [-0.15, -0.1) is 11.8 Å². The zero-order valence-corrected chi connectivity index (χ0v) is 11.6. The van der Waals surface area contributed by atoms with Gasteiger partial charge in [0.25, 0.3) is 0 Å². The van der Waals surface area contributed by atoms with Crippen LogP contribution in [0.15, 0.2) is 24.3 Å². The first-order valence-corrected chi connectivity index (χ1v) is 7.12. The maximum absolute atomic E-state index is 5.23. The van der Waals surface area contributed by atoms with E-state index in [0.29, 0.717) is 16.5 Å². The van der Waals surface area contributed by atoms with Crippen LogP contribution in [0.2, 0.25) is 0 Å². The summed E-state index contributed by atoms with van der Waals surface area (Å²) < 4.78 is 5.23. The molecule has 0 bridgehead atoms. The lowest BCUT2D eigenvalue weighted by Gasteiger charge is -2.31. The van der Waals surface area contributed by atoms with E-state index in [-0.39, 0.29) is 0 Å². The molecule has 1 fully saturated rings. The zero-order valence-electron chi connectivity index (χ0n) is 10.8. The summed E-state index contributed by atoms with van der Waals surface area (Å²) in [7, 11) is 2.04. The number of rotatable bonds is 5. The molecule has 1 aromatic rings. The van der Waals surface area contributed by atoms with Gasteiger partial charge in [0.2, 0.25) is 0 Å². The third-order valence-electron chi connectivity index (χ3n) is 3.23. The van der Waals surface area contributed by atoms with E-state index < -0.39 is 0 Å². The van der Waals surface area contributed by atoms with Gasteiger partial charge >= 0.3 is 0 Å². The number of benzene rings is 1. The highest BCUT2D eigenvalue weighted by atomic mass is 32.2. The van der Waals surface area contributed by atoms with Crippen LogP contribution in [0, 0.1) is 6.92 Å². The largest absolute Gasteiger partial charge is 0.379 e. The first-order chi connectivity index (χ1) is 8.20. The number of hydrogen-bond donors (Lipinski definition) is 1. The first kappa shape index (κ1) is 12.9. The molecule has 2 unspecified atom stereocenters. The van der Waals surface area contributed by atoms with Crippen LogP contribution < -0.4 is 5.32 Å². The Hall–Kier alpha value is -0.510. The maximum atomic E-state index is 5.23. The van der Waals surface area contributed by atoms with Crippen molar-refractivity contribution < 1.29 is 4.74 Å². The molecule has 1 aliphatic rings. The van der Waals surface area contributed by atoms with Crippen molar-refractivity contribution in [1.29, 1.82) is 0 Å². The fraction of sp³-hybridized carbons (Fsp3) is 0.571. The SMILES string of the molecule is CNC(c1ccc(C)cc1)C(C)SC1COC1. The molecule has 17 heavy (non-hydrogen) atoms. The van der Waals surface area contributed by atoms with Crippen molar-refractivity contribution in [1.82, 2.24) is 5.32 Å². The number of nitrogens with one attached hydrogen (secondary N) is 1. The van der Waals surface area contributed by atoms with E-state index in [2.05, 4.69) is 43.4 Å². The average molecular weight is 251 g/mol. The van der Waals surface area contributed by atoms with Gasteiger partial charge in [-0.3, -0.25) is 0 Å². The van der Waals surface area contributed by atoms with E-state index in [1.165, 1.54) is 11.1 Å². The second-order valence-corrected chi connectivity index (χ2v) is 6.36. The Morgan fingerprint density at radius 3 is 2.41 bits per heavy atom. The van der Waals surface area contributed by atoms with Crippen LogP contribution in [-0.2, 0) is 4.74 Å².